The molecule has 0 atom stereocenters. The van der Waals surface area contributed by atoms with Crippen LogP contribution < -0.4 is 4.90 Å². The minimum absolute atomic E-state index is 0.106. The number of hydrogen-bond acceptors (Lipinski definition) is 5. The zero-order valence-corrected chi connectivity index (χ0v) is 17.1. The van der Waals surface area contributed by atoms with E-state index < -0.39 is 10.7 Å². The Labute approximate surface area is 171 Å². The summed E-state index contributed by atoms with van der Waals surface area (Å²) in [5.74, 6) is 0.916. The monoisotopic (exact) mass is 414 g/mol. The molecule has 0 saturated carbocycles. The molecule has 29 heavy (non-hydrogen) atoms. The van der Waals surface area contributed by atoms with Crippen molar-refractivity contribution in [3.8, 4) is 22.3 Å². The second-order valence-corrected chi connectivity index (χ2v) is 8.12. The number of rotatable bonds is 5. The Balaban J connectivity index is 1.75. The number of benzene rings is 1. The number of nitrogens with zero attached hydrogens (tertiary/aromatic N) is 4. The van der Waals surface area contributed by atoms with E-state index in [0.717, 1.165) is 41.2 Å². The lowest BCUT2D eigenvalue weighted by molar-refractivity contribution is 0.295. The van der Waals surface area contributed by atoms with Crippen molar-refractivity contribution in [2.24, 2.45) is 7.05 Å². The average molecular weight is 415 g/mol. The molecule has 0 amide bonds. The van der Waals surface area contributed by atoms with E-state index in [0.29, 0.717) is 13.1 Å². The summed E-state index contributed by atoms with van der Waals surface area (Å²) >= 11 is 0. The minimum Gasteiger partial charge on any atom is -0.355 e. The summed E-state index contributed by atoms with van der Waals surface area (Å²) in [6.45, 7) is 2.86. The highest BCUT2D eigenvalue weighted by Crippen LogP contribution is 2.41. The molecule has 1 aliphatic heterocycles. The Morgan fingerprint density at radius 2 is 1.62 bits per heavy atom. The van der Waals surface area contributed by atoms with Crippen LogP contribution in [0.25, 0.3) is 22.3 Å². The van der Waals surface area contributed by atoms with Gasteiger partial charge in [0.15, 0.2) is 10.7 Å². The van der Waals surface area contributed by atoms with E-state index in [2.05, 4.69) is 20.6 Å². The van der Waals surface area contributed by atoms with E-state index in [1.54, 1.807) is 24.5 Å². The van der Waals surface area contributed by atoms with Crippen molar-refractivity contribution in [2.75, 3.05) is 37.0 Å². The van der Waals surface area contributed by atoms with Gasteiger partial charge in [-0.05, 0) is 35.4 Å². The third-order valence-corrected chi connectivity index (χ3v) is 5.89. The number of hydrogen-bond donors (Lipinski definition) is 1. The fourth-order valence-electron chi connectivity index (χ4n) is 3.91. The SMILES string of the molecule is Cn1cc(-c2ccc(F)cc2)c(-c2ccncc2)c1N1CCN(C[SH](=O)=O)CC1. The third kappa shape index (κ3) is 4.18. The first-order chi connectivity index (χ1) is 14.0. The second kappa shape index (κ2) is 8.34. The van der Waals surface area contributed by atoms with E-state index in [1.165, 1.54) is 12.1 Å². The summed E-state index contributed by atoms with van der Waals surface area (Å²) in [4.78, 5) is 8.38. The first-order valence-electron chi connectivity index (χ1n) is 9.47. The lowest BCUT2D eigenvalue weighted by Gasteiger charge is -2.36. The molecular weight excluding hydrogens is 391 g/mol. The first kappa shape index (κ1) is 19.6. The molecule has 152 valence electrons. The number of aryl methyl sites for hydroxylation is 1. The third-order valence-electron chi connectivity index (χ3n) is 5.26. The molecule has 8 heteroatoms. The summed E-state index contributed by atoms with van der Waals surface area (Å²) in [7, 11) is -0.397. The van der Waals surface area contributed by atoms with Crippen molar-refractivity contribution < 1.29 is 12.8 Å². The minimum atomic E-state index is -2.40. The average Bonchev–Trinajstić information content (AvgIpc) is 3.06. The lowest BCUT2D eigenvalue weighted by atomic mass is 9.98. The molecule has 0 aliphatic carbocycles. The van der Waals surface area contributed by atoms with Gasteiger partial charge in [0.05, 0.1) is 5.88 Å². The summed E-state index contributed by atoms with van der Waals surface area (Å²) in [5.41, 5.74) is 4.09. The Bertz CT molecular complexity index is 1050. The number of aromatic nitrogens is 2. The zero-order chi connectivity index (χ0) is 20.4. The molecule has 1 aliphatic rings. The molecule has 2 aromatic heterocycles. The van der Waals surface area contributed by atoms with Gasteiger partial charge in [-0.1, -0.05) is 12.1 Å². The van der Waals surface area contributed by atoms with Crippen LogP contribution in [-0.4, -0.2) is 54.9 Å². The molecular formula is C21H23FN4O2S. The topological polar surface area (TPSA) is 58.4 Å². The smallest absolute Gasteiger partial charge is 0.153 e. The highest BCUT2D eigenvalue weighted by atomic mass is 32.2. The molecule has 3 heterocycles. The van der Waals surface area contributed by atoms with Gasteiger partial charge in [0, 0.05) is 62.9 Å². The Morgan fingerprint density at radius 3 is 2.24 bits per heavy atom. The molecule has 1 fully saturated rings. The molecule has 6 nitrogen and oxygen atoms in total. The van der Waals surface area contributed by atoms with E-state index in [4.69, 9.17) is 0 Å². The van der Waals surface area contributed by atoms with E-state index in [1.807, 2.05) is 24.1 Å². The van der Waals surface area contributed by atoms with Crippen molar-refractivity contribution >= 4 is 16.5 Å². The number of pyridine rings is 1. The Hall–Kier alpha value is -2.71. The number of thiol groups is 1. The van der Waals surface area contributed by atoms with Gasteiger partial charge in [-0.25, -0.2) is 12.8 Å². The van der Waals surface area contributed by atoms with Crippen LogP contribution in [0.4, 0.5) is 10.2 Å². The van der Waals surface area contributed by atoms with E-state index in [-0.39, 0.29) is 11.7 Å². The van der Waals surface area contributed by atoms with Crippen LogP contribution >= 0.6 is 0 Å². The maximum atomic E-state index is 13.5. The maximum Gasteiger partial charge on any atom is 0.153 e. The standard InChI is InChI=1S/C21H23FN4O2S/c1-24-14-19(16-2-4-18(22)5-3-16)20(17-6-8-23-9-7-17)21(24)26-12-10-25(11-13-26)15-29(27)28/h2-9,14,29H,10-13,15H2,1H3. The molecule has 1 aromatic carbocycles. The van der Waals surface area contributed by atoms with Crippen molar-refractivity contribution in [3.63, 3.8) is 0 Å². The fourth-order valence-corrected chi connectivity index (χ4v) is 4.52. The quantitative estimate of drug-likeness (QED) is 0.651. The first-order valence-corrected chi connectivity index (χ1v) is 10.8. The van der Waals surface area contributed by atoms with Crippen molar-refractivity contribution in [1.82, 2.24) is 14.5 Å². The van der Waals surface area contributed by atoms with Crippen LogP contribution in [0.1, 0.15) is 0 Å². The maximum absolute atomic E-state index is 13.5. The van der Waals surface area contributed by atoms with Crippen LogP contribution in [0.5, 0.6) is 0 Å². The van der Waals surface area contributed by atoms with Crippen molar-refractivity contribution in [2.45, 2.75) is 0 Å². The number of halogens is 1. The Morgan fingerprint density at radius 1 is 0.966 bits per heavy atom. The van der Waals surface area contributed by atoms with Gasteiger partial charge in [0.2, 0.25) is 0 Å². The molecule has 1 saturated heterocycles. The van der Waals surface area contributed by atoms with Crippen LogP contribution in [0.3, 0.4) is 0 Å². The molecule has 0 N–H and O–H groups in total. The van der Waals surface area contributed by atoms with E-state index >= 15 is 0 Å². The van der Waals surface area contributed by atoms with Gasteiger partial charge in [0.1, 0.15) is 11.6 Å². The summed E-state index contributed by atoms with van der Waals surface area (Å²) in [6, 6.07) is 10.5. The molecule has 0 radical (unpaired) electrons. The van der Waals surface area contributed by atoms with Gasteiger partial charge < -0.3 is 9.47 Å². The molecule has 3 aromatic rings. The highest BCUT2D eigenvalue weighted by molar-refractivity contribution is 7.72. The van der Waals surface area contributed by atoms with Gasteiger partial charge >= 0.3 is 0 Å². The molecule has 0 unspecified atom stereocenters. The van der Waals surface area contributed by atoms with Gasteiger partial charge in [-0.2, -0.15) is 0 Å². The second-order valence-electron chi connectivity index (χ2n) is 7.17. The van der Waals surface area contributed by atoms with Crippen molar-refractivity contribution in [1.29, 1.82) is 0 Å². The van der Waals surface area contributed by atoms with Gasteiger partial charge in [-0.3, -0.25) is 9.88 Å². The van der Waals surface area contributed by atoms with Crippen molar-refractivity contribution in [3.05, 3.63) is 60.8 Å². The van der Waals surface area contributed by atoms with Crippen LogP contribution in [0, 0.1) is 5.82 Å². The largest absolute Gasteiger partial charge is 0.355 e. The van der Waals surface area contributed by atoms with Crippen LogP contribution in [-0.2, 0) is 17.8 Å². The zero-order valence-electron chi connectivity index (χ0n) is 16.2. The predicted molar refractivity (Wildman–Crippen MR) is 113 cm³/mol. The highest BCUT2D eigenvalue weighted by Gasteiger charge is 2.25. The molecule has 0 spiro atoms. The van der Waals surface area contributed by atoms with E-state index in [9.17, 15) is 12.8 Å². The van der Waals surface area contributed by atoms with Crippen LogP contribution in [0.2, 0.25) is 0 Å². The normalized spacial score (nSPS) is 15.2. The predicted octanol–water partition coefficient (Wildman–Crippen LogP) is 2.58. The number of anilines is 1. The molecule has 0 bridgehead atoms. The van der Waals surface area contributed by atoms with Gasteiger partial charge in [-0.15, -0.1) is 0 Å². The summed E-state index contributed by atoms with van der Waals surface area (Å²) < 4.78 is 37.6. The summed E-state index contributed by atoms with van der Waals surface area (Å²) in [5, 5.41) is 0. The lowest BCUT2D eigenvalue weighted by Crippen LogP contribution is -2.47. The van der Waals surface area contributed by atoms with Crippen LogP contribution in [0.15, 0.2) is 55.0 Å². The van der Waals surface area contributed by atoms with Gasteiger partial charge in [0.25, 0.3) is 0 Å². The number of piperazine rings is 1. The Kier molecular flexibility index (Phi) is 5.64. The molecule has 4 rings (SSSR count). The summed E-state index contributed by atoms with van der Waals surface area (Å²) in [6.07, 6.45) is 5.60. The fraction of sp³-hybridized carbons (Fsp3) is 0.286.